The van der Waals surface area contributed by atoms with Crippen molar-refractivity contribution < 1.29 is 81.0 Å². The van der Waals surface area contributed by atoms with Gasteiger partial charge in [0.1, 0.15) is 23.8 Å². The van der Waals surface area contributed by atoms with E-state index in [9.17, 15) is 43.6 Å². The number of hydrogen-bond acceptors (Lipinski definition) is 24. The molecule has 0 fully saturated rings. The average molecular weight is 1590 g/mol. The number of hydrogen-bond donors (Lipinski definition) is 8. The molecule has 8 amide bonds. The minimum Gasteiger partial charge on any atom is -0.377 e. The van der Waals surface area contributed by atoms with Crippen LogP contribution in [0, 0.1) is 11.3 Å². The van der Waals surface area contributed by atoms with Crippen molar-refractivity contribution in [2.75, 3.05) is 160 Å². The lowest BCUT2D eigenvalue weighted by Crippen LogP contribution is -2.33. The predicted octanol–water partition coefficient (Wildman–Crippen LogP) is 2.28. The Hall–Kier alpha value is -12.1. The molecule has 616 valence electrons. The monoisotopic (exact) mass is 1590 g/mol. The number of aryl methyl sites for hydroxylation is 8. The molecule has 8 heterocycles. The van der Waals surface area contributed by atoms with Crippen LogP contribution < -0.4 is 42.5 Å². The zero-order valence-corrected chi connectivity index (χ0v) is 65.5. The summed E-state index contributed by atoms with van der Waals surface area (Å²) in [4.78, 5) is 120. The molecule has 0 aliphatic carbocycles. The van der Waals surface area contributed by atoms with Crippen LogP contribution in [-0.4, -0.2) is 253 Å². The fourth-order valence-electron chi connectivity index (χ4n) is 11.4. The molecule has 8 aromatic heterocycles. The van der Waals surface area contributed by atoms with Gasteiger partial charge in [0.05, 0.1) is 159 Å². The van der Waals surface area contributed by atoms with Crippen molar-refractivity contribution in [3.63, 3.8) is 0 Å². The fraction of sp³-hybridized carbons (Fsp3) is 0.453. The van der Waals surface area contributed by atoms with Crippen LogP contribution >= 0.6 is 0 Å². The molecular weight excluding hydrogens is 1490 g/mol. The van der Waals surface area contributed by atoms with Gasteiger partial charge >= 0.3 is 0 Å². The minimum absolute atomic E-state index is 0.00497. The summed E-state index contributed by atoms with van der Waals surface area (Å²) < 4.78 is 64.0. The number of nitrogens with one attached hydrogen (secondary N) is 8. The first-order valence-corrected chi connectivity index (χ1v) is 37.2. The lowest BCUT2D eigenvalue weighted by molar-refractivity contribution is -0.121. The number of nitriles is 1. The van der Waals surface area contributed by atoms with Gasteiger partial charge in [-0.05, 0) is 36.2 Å². The summed E-state index contributed by atoms with van der Waals surface area (Å²) in [6.45, 7) is 7.62. The van der Waals surface area contributed by atoms with E-state index in [1.54, 1.807) is 67.8 Å². The van der Waals surface area contributed by atoms with Gasteiger partial charge in [-0.25, -0.2) is 19.9 Å². The molecule has 40 heteroatoms. The van der Waals surface area contributed by atoms with E-state index >= 15 is 0 Å². The summed E-state index contributed by atoms with van der Waals surface area (Å²) in [5, 5.41) is 39.5. The van der Waals surface area contributed by atoms with Crippen LogP contribution in [0.25, 0.3) is 22.5 Å². The standard InChI is InChI=1S/C75H99N23O17/c1-91-22-19-78-68(91)74(105)84-56-40-58(92(2)47-56)71(102)79-18-14-65(101)87-61-50-95(5)70(89-61)75(106)85-57-41-59(93(3)48-57)72(103)80-17-13-64(100)86-60-49-94(4)69(88-60)73(104)81-16-12-63(99)77-20-23-107-24-25-108-26-27-109-28-29-110-30-31-111-32-33-112-34-35-113-36-37-114-38-39-115-51-62-90-66(55-44-83-97(7)46-55)67(54-10-8-52(42-76)9-11-54)98(62)21-15-53-43-82-96(6)45-53/h8-11,19,22,40-41,43-50H,12-18,20-21,23-39,51H2,1-7H3,(H,77,99)(H,79,102)(H,80,103)(H,81,104)(H,84,105)(H,85,106)(H,86,100)(H,87,101). The molecule has 0 saturated carbocycles. The van der Waals surface area contributed by atoms with Crippen molar-refractivity contribution in [3.8, 4) is 28.6 Å². The van der Waals surface area contributed by atoms with E-state index in [2.05, 4.69) is 78.3 Å². The lowest BCUT2D eigenvalue weighted by Gasteiger charge is -2.13. The Morgan fingerprint density at radius 1 is 0.426 bits per heavy atom. The van der Waals surface area contributed by atoms with E-state index in [1.165, 1.54) is 55.2 Å². The van der Waals surface area contributed by atoms with E-state index in [0.717, 1.165) is 40.3 Å². The van der Waals surface area contributed by atoms with Crippen molar-refractivity contribution >= 4 is 70.3 Å². The van der Waals surface area contributed by atoms with E-state index < -0.39 is 41.4 Å². The first-order valence-electron chi connectivity index (χ1n) is 37.2. The van der Waals surface area contributed by atoms with Crippen molar-refractivity contribution in [3.05, 3.63) is 144 Å². The molecule has 9 aromatic rings. The number of aromatic nitrogens is 14. The number of carbonyl (C=O) groups is 8. The maximum absolute atomic E-state index is 13.3. The maximum atomic E-state index is 13.3. The Morgan fingerprint density at radius 2 is 0.878 bits per heavy atom. The largest absolute Gasteiger partial charge is 0.377 e. The van der Waals surface area contributed by atoms with Crippen molar-refractivity contribution in [2.45, 2.75) is 38.8 Å². The van der Waals surface area contributed by atoms with Gasteiger partial charge in [0, 0.05) is 162 Å². The molecule has 0 aliphatic rings. The van der Waals surface area contributed by atoms with E-state index in [0.29, 0.717) is 124 Å². The van der Waals surface area contributed by atoms with Crippen LogP contribution in [-0.2, 0) is 126 Å². The number of amides is 8. The smallest absolute Gasteiger partial charge is 0.291 e. The molecule has 0 unspecified atom stereocenters. The third-order valence-corrected chi connectivity index (χ3v) is 17.1. The maximum Gasteiger partial charge on any atom is 0.291 e. The van der Waals surface area contributed by atoms with Crippen LogP contribution in [0.2, 0.25) is 0 Å². The quantitative estimate of drug-likeness (QED) is 0.0253. The zero-order valence-electron chi connectivity index (χ0n) is 65.5. The Bertz CT molecular complexity index is 4710. The molecule has 9 rings (SSSR count). The predicted molar refractivity (Wildman–Crippen MR) is 415 cm³/mol. The van der Waals surface area contributed by atoms with Crippen LogP contribution in [0.1, 0.15) is 89.0 Å². The second-order valence-corrected chi connectivity index (χ2v) is 26.0. The molecule has 0 aliphatic heterocycles. The number of carbonyl (C=O) groups excluding carboxylic acids is 8. The van der Waals surface area contributed by atoms with Gasteiger partial charge in [-0.1, -0.05) is 12.1 Å². The number of rotatable bonds is 52. The molecule has 0 bridgehead atoms. The third kappa shape index (κ3) is 27.9. The lowest BCUT2D eigenvalue weighted by atomic mass is 10.1. The summed E-state index contributed by atoms with van der Waals surface area (Å²) in [7, 11) is 11.8. The first kappa shape index (κ1) is 86.9. The topological polar surface area (TPSA) is 456 Å². The normalized spacial score (nSPS) is 11.2. The number of ether oxygens (including phenoxy) is 9. The van der Waals surface area contributed by atoms with E-state index in [1.807, 2.05) is 57.0 Å². The van der Waals surface area contributed by atoms with Gasteiger partial charge in [-0.3, -0.25) is 47.7 Å². The third-order valence-electron chi connectivity index (χ3n) is 17.1. The summed E-state index contributed by atoms with van der Waals surface area (Å²) in [6.07, 6.45) is 17.1. The van der Waals surface area contributed by atoms with Gasteiger partial charge in [0.2, 0.25) is 29.4 Å². The van der Waals surface area contributed by atoms with Gasteiger partial charge in [-0.2, -0.15) is 15.5 Å². The average Bonchev–Trinajstić information content (AvgIpc) is 1.62. The van der Waals surface area contributed by atoms with Gasteiger partial charge < -0.3 is 113 Å². The van der Waals surface area contributed by atoms with Crippen LogP contribution in [0.3, 0.4) is 0 Å². The van der Waals surface area contributed by atoms with E-state index in [-0.39, 0.29) is 111 Å². The Labute approximate surface area is 662 Å². The second kappa shape index (κ2) is 45.6. The SMILES string of the molecule is Cn1cc(CCn2c(COCCOCCOCCOCCOCCOCCOCCOCCOCCNC(=O)CCNC(=O)c3nc(NC(=O)CCNC(=O)c4cc(NC(=O)c5nc(NC(=O)CCNC(=O)c6cc(NC(=O)c7nccn7C)cn6C)cn5C)cn4C)cn3C)nc(-c3cnn(C)c3)c2-c2ccc(C#N)cc2)cn1. The van der Waals surface area contributed by atoms with Gasteiger partial charge in [0.25, 0.3) is 29.5 Å². The molecule has 1 aromatic carbocycles. The van der Waals surface area contributed by atoms with Crippen molar-refractivity contribution in [2.24, 2.45) is 49.3 Å². The zero-order chi connectivity index (χ0) is 81.9. The Balaban J connectivity index is 0.515. The van der Waals surface area contributed by atoms with Gasteiger partial charge in [0.15, 0.2) is 17.5 Å². The van der Waals surface area contributed by atoms with Crippen LogP contribution in [0.4, 0.5) is 23.0 Å². The highest BCUT2D eigenvalue weighted by molar-refractivity contribution is 6.05. The number of anilines is 4. The molecule has 115 heavy (non-hydrogen) atoms. The number of nitrogens with zero attached hydrogens (tertiary/aromatic N) is 15. The van der Waals surface area contributed by atoms with Crippen molar-refractivity contribution in [1.29, 1.82) is 5.26 Å². The number of benzene rings is 1. The van der Waals surface area contributed by atoms with Crippen LogP contribution in [0.5, 0.6) is 0 Å². The highest BCUT2D eigenvalue weighted by atomic mass is 16.6. The minimum atomic E-state index is -0.640. The van der Waals surface area contributed by atoms with Crippen LogP contribution in [0.15, 0.2) is 98.4 Å². The first-order chi connectivity index (χ1) is 55.7. The molecule has 0 saturated heterocycles. The highest BCUT2D eigenvalue weighted by Crippen LogP contribution is 2.34. The highest BCUT2D eigenvalue weighted by Gasteiger charge is 2.25. The van der Waals surface area contributed by atoms with Gasteiger partial charge in [-0.15, -0.1) is 0 Å². The summed E-state index contributed by atoms with van der Waals surface area (Å²) in [6, 6.07) is 12.6. The van der Waals surface area contributed by atoms with Crippen molar-refractivity contribution in [1.82, 2.24) is 88.2 Å². The summed E-state index contributed by atoms with van der Waals surface area (Å²) in [5.74, 6) is -2.88. The fourth-order valence-corrected chi connectivity index (χ4v) is 11.4. The second-order valence-electron chi connectivity index (χ2n) is 26.0. The Morgan fingerprint density at radius 3 is 1.34 bits per heavy atom. The Kier molecular flexibility index (Phi) is 34.4. The molecule has 0 radical (unpaired) electrons. The van der Waals surface area contributed by atoms with E-state index in [4.69, 9.17) is 47.6 Å². The molecule has 8 N–H and O–H groups in total. The molecular formula is C75H99N23O17. The molecule has 0 atom stereocenters. The summed E-state index contributed by atoms with van der Waals surface area (Å²) >= 11 is 0. The summed E-state index contributed by atoms with van der Waals surface area (Å²) in [5.41, 5.74) is 6.23. The number of imidazole rings is 4. The molecule has 0 spiro atoms. The molecule has 40 nitrogen and oxygen atoms in total.